The van der Waals surface area contributed by atoms with Crippen molar-refractivity contribution in [1.82, 2.24) is 0 Å². The first-order chi connectivity index (χ1) is 14.4. The number of azo groups is 1. The smallest absolute Gasteiger partial charge is 0.178 e. The van der Waals surface area contributed by atoms with Crippen LogP contribution in [0.4, 0.5) is 11.4 Å². The highest BCUT2D eigenvalue weighted by Gasteiger charge is 2.13. The van der Waals surface area contributed by atoms with Gasteiger partial charge in [0.05, 0.1) is 28.6 Å². The van der Waals surface area contributed by atoms with Crippen molar-refractivity contribution in [3.05, 3.63) is 60.7 Å². The van der Waals surface area contributed by atoms with Crippen LogP contribution in [0, 0.1) is 0 Å². The van der Waals surface area contributed by atoms with Gasteiger partial charge in [-0.1, -0.05) is 25.0 Å². The van der Waals surface area contributed by atoms with Gasteiger partial charge in [0, 0.05) is 11.5 Å². The molecule has 0 aromatic heterocycles. The fraction of sp³-hybridized carbons (Fsp3) is 0.391. The zero-order valence-electron chi connectivity index (χ0n) is 17.7. The van der Waals surface area contributed by atoms with Crippen molar-refractivity contribution in [2.24, 2.45) is 10.2 Å². The fourth-order valence-electron chi connectivity index (χ4n) is 2.70. The van der Waals surface area contributed by atoms with E-state index in [9.17, 15) is 8.42 Å². The second-order valence-corrected chi connectivity index (χ2v) is 10.1. The fourth-order valence-corrected chi connectivity index (χ4v) is 4.48. The van der Waals surface area contributed by atoms with Crippen LogP contribution >= 0.6 is 11.8 Å². The third-order valence-corrected chi connectivity index (χ3v) is 6.91. The highest BCUT2D eigenvalue weighted by Crippen LogP contribution is 2.23. The topological polar surface area (TPSA) is 68.1 Å². The van der Waals surface area contributed by atoms with Crippen molar-refractivity contribution >= 4 is 33.0 Å². The Morgan fingerprint density at radius 1 is 0.933 bits per heavy atom. The molecular weight excluding hydrogens is 416 g/mol. The van der Waals surface area contributed by atoms with Crippen LogP contribution in [-0.4, -0.2) is 33.6 Å². The van der Waals surface area contributed by atoms with E-state index in [0.29, 0.717) is 30.2 Å². The molecule has 162 valence electrons. The second-order valence-electron chi connectivity index (χ2n) is 7.13. The zero-order valence-corrected chi connectivity index (χ0v) is 19.3. The molecule has 2 aromatic carbocycles. The summed E-state index contributed by atoms with van der Waals surface area (Å²) in [7, 11) is -3.28. The van der Waals surface area contributed by atoms with Gasteiger partial charge in [0.15, 0.2) is 9.84 Å². The van der Waals surface area contributed by atoms with E-state index in [-0.39, 0.29) is 5.75 Å². The standard InChI is InChI=1S/C23H30N2O3S2/c1-19(2)18-28-16-6-4-5-7-17-30(26,27)23-14-10-21(11-15-23)25-24-20-8-12-22(29-3)13-9-20/h8-15H,1,4-7,16-18H2,2-3H3/b25-24+. The van der Waals surface area contributed by atoms with E-state index in [2.05, 4.69) is 16.8 Å². The predicted octanol–water partition coefficient (Wildman–Crippen LogP) is 6.75. The summed E-state index contributed by atoms with van der Waals surface area (Å²) >= 11 is 1.67. The SMILES string of the molecule is C=C(C)COCCCCCCS(=O)(=O)c1ccc(/N=N/c2ccc(SC)cc2)cc1. The number of rotatable bonds is 13. The molecule has 0 radical (unpaired) electrons. The van der Waals surface area contributed by atoms with Crippen molar-refractivity contribution in [2.75, 3.05) is 25.2 Å². The highest BCUT2D eigenvalue weighted by molar-refractivity contribution is 7.98. The van der Waals surface area contributed by atoms with E-state index >= 15 is 0 Å². The Labute approximate surface area is 184 Å². The Hall–Kier alpha value is -1.96. The quantitative estimate of drug-likeness (QED) is 0.148. The summed E-state index contributed by atoms with van der Waals surface area (Å²) in [6, 6.07) is 14.4. The summed E-state index contributed by atoms with van der Waals surface area (Å²) < 4.78 is 30.5. The Balaban J connectivity index is 1.78. The number of sulfone groups is 1. The Morgan fingerprint density at radius 3 is 2.07 bits per heavy atom. The molecule has 0 fully saturated rings. The Kier molecular flexibility index (Phi) is 10.3. The molecule has 30 heavy (non-hydrogen) atoms. The lowest BCUT2D eigenvalue weighted by Crippen LogP contribution is -2.06. The molecule has 0 saturated carbocycles. The molecule has 0 heterocycles. The van der Waals surface area contributed by atoms with E-state index in [1.165, 1.54) is 4.90 Å². The van der Waals surface area contributed by atoms with Crippen molar-refractivity contribution < 1.29 is 13.2 Å². The van der Waals surface area contributed by atoms with Crippen LogP contribution in [0.25, 0.3) is 0 Å². The molecule has 0 N–H and O–H groups in total. The molecule has 5 nitrogen and oxygen atoms in total. The van der Waals surface area contributed by atoms with Gasteiger partial charge in [0.1, 0.15) is 0 Å². The van der Waals surface area contributed by atoms with E-state index in [1.807, 2.05) is 37.4 Å². The van der Waals surface area contributed by atoms with Gasteiger partial charge in [-0.25, -0.2) is 8.42 Å². The molecule has 0 aliphatic heterocycles. The Morgan fingerprint density at radius 2 is 1.50 bits per heavy atom. The number of thioether (sulfide) groups is 1. The van der Waals surface area contributed by atoms with Gasteiger partial charge in [-0.3, -0.25) is 0 Å². The largest absolute Gasteiger partial charge is 0.377 e. The van der Waals surface area contributed by atoms with Gasteiger partial charge >= 0.3 is 0 Å². The molecule has 0 aliphatic carbocycles. The molecule has 2 aromatic rings. The average molecular weight is 447 g/mol. The van der Waals surface area contributed by atoms with E-state index in [0.717, 1.165) is 30.5 Å². The zero-order chi connectivity index (χ0) is 21.8. The summed E-state index contributed by atoms with van der Waals surface area (Å²) in [6.07, 6.45) is 5.44. The number of nitrogens with zero attached hydrogens (tertiary/aromatic N) is 2. The minimum absolute atomic E-state index is 0.155. The first-order valence-electron chi connectivity index (χ1n) is 10.0. The van der Waals surface area contributed by atoms with Crippen molar-refractivity contribution in [3.8, 4) is 0 Å². The lowest BCUT2D eigenvalue weighted by molar-refractivity contribution is 0.151. The molecule has 7 heteroatoms. The third kappa shape index (κ3) is 8.81. The van der Waals surface area contributed by atoms with Crippen LogP contribution in [0.3, 0.4) is 0 Å². The van der Waals surface area contributed by atoms with Crippen molar-refractivity contribution in [3.63, 3.8) is 0 Å². The summed E-state index contributed by atoms with van der Waals surface area (Å²) in [4.78, 5) is 1.50. The minimum Gasteiger partial charge on any atom is -0.377 e. The maximum Gasteiger partial charge on any atom is 0.178 e. The maximum absolute atomic E-state index is 12.5. The van der Waals surface area contributed by atoms with E-state index in [1.54, 1.807) is 36.0 Å². The van der Waals surface area contributed by atoms with Crippen LogP contribution in [0.2, 0.25) is 0 Å². The number of benzene rings is 2. The summed E-state index contributed by atoms with van der Waals surface area (Å²) in [5, 5.41) is 8.38. The number of hydrogen-bond acceptors (Lipinski definition) is 6. The van der Waals surface area contributed by atoms with Gasteiger partial charge in [-0.15, -0.1) is 11.8 Å². The van der Waals surface area contributed by atoms with Gasteiger partial charge in [0.25, 0.3) is 0 Å². The molecule has 0 saturated heterocycles. The van der Waals surface area contributed by atoms with Crippen LogP contribution in [0.15, 0.2) is 80.7 Å². The monoisotopic (exact) mass is 446 g/mol. The summed E-state index contributed by atoms with van der Waals surface area (Å²) in [6.45, 7) is 7.01. The molecule has 0 aliphatic rings. The third-order valence-electron chi connectivity index (χ3n) is 4.35. The second kappa shape index (κ2) is 12.7. The van der Waals surface area contributed by atoms with Gasteiger partial charge < -0.3 is 4.74 Å². The molecule has 0 amide bonds. The number of ether oxygens (including phenoxy) is 1. The minimum atomic E-state index is -3.28. The Bertz CT molecular complexity index is 922. The summed E-state index contributed by atoms with van der Waals surface area (Å²) in [5.74, 6) is 0.155. The number of unbranched alkanes of at least 4 members (excludes halogenated alkanes) is 3. The van der Waals surface area contributed by atoms with Gasteiger partial charge in [0.2, 0.25) is 0 Å². The molecular formula is C23H30N2O3S2. The van der Waals surface area contributed by atoms with E-state index < -0.39 is 9.84 Å². The molecule has 0 bridgehead atoms. The molecule has 0 spiro atoms. The predicted molar refractivity (Wildman–Crippen MR) is 125 cm³/mol. The first-order valence-corrected chi connectivity index (χ1v) is 12.9. The van der Waals surface area contributed by atoms with Crippen LogP contribution in [0.1, 0.15) is 32.6 Å². The average Bonchev–Trinajstić information content (AvgIpc) is 2.74. The lowest BCUT2D eigenvalue weighted by Gasteiger charge is -2.06. The van der Waals surface area contributed by atoms with E-state index in [4.69, 9.17) is 4.74 Å². The van der Waals surface area contributed by atoms with Crippen molar-refractivity contribution in [1.29, 1.82) is 0 Å². The van der Waals surface area contributed by atoms with Gasteiger partial charge in [-0.2, -0.15) is 10.2 Å². The van der Waals surface area contributed by atoms with Crippen molar-refractivity contribution in [2.45, 2.75) is 42.4 Å². The van der Waals surface area contributed by atoms with Crippen LogP contribution < -0.4 is 0 Å². The molecule has 0 atom stereocenters. The first kappa shape index (κ1) is 24.3. The van der Waals surface area contributed by atoms with Crippen LogP contribution in [-0.2, 0) is 14.6 Å². The highest BCUT2D eigenvalue weighted by atomic mass is 32.2. The lowest BCUT2D eigenvalue weighted by atomic mass is 10.2. The normalized spacial score (nSPS) is 11.8. The molecule has 2 rings (SSSR count). The van der Waals surface area contributed by atoms with Gasteiger partial charge in [-0.05, 0) is 74.6 Å². The van der Waals surface area contributed by atoms with Crippen LogP contribution in [0.5, 0.6) is 0 Å². The summed E-state index contributed by atoms with van der Waals surface area (Å²) in [5.41, 5.74) is 2.39. The molecule has 0 unspecified atom stereocenters. The number of hydrogen-bond donors (Lipinski definition) is 0. The maximum atomic E-state index is 12.5.